The number of anilines is 1. The van der Waals surface area contributed by atoms with Gasteiger partial charge in [-0.2, -0.15) is 5.26 Å². The third kappa shape index (κ3) is 2.49. The van der Waals surface area contributed by atoms with Gasteiger partial charge in [0.05, 0.1) is 11.2 Å². The predicted octanol–water partition coefficient (Wildman–Crippen LogP) is 1.99. The van der Waals surface area contributed by atoms with E-state index in [0.717, 1.165) is 54.4 Å². The van der Waals surface area contributed by atoms with Crippen LogP contribution in [0.5, 0.6) is 0 Å². The first-order valence-electron chi connectivity index (χ1n) is 8.23. The number of piperazine rings is 1. The fraction of sp³-hybridized carbons (Fsp3) is 0.444. The van der Waals surface area contributed by atoms with Gasteiger partial charge in [0.25, 0.3) is 5.56 Å². The number of nitrogens with zero attached hydrogens (tertiary/aromatic N) is 3. The number of nitriles is 1. The lowest BCUT2D eigenvalue weighted by Crippen LogP contribution is -2.47. The van der Waals surface area contributed by atoms with E-state index in [-0.39, 0.29) is 11.1 Å². The van der Waals surface area contributed by atoms with Gasteiger partial charge >= 0.3 is 0 Å². The van der Waals surface area contributed by atoms with Gasteiger partial charge < -0.3 is 9.88 Å². The molecule has 1 aromatic heterocycles. The van der Waals surface area contributed by atoms with Crippen LogP contribution in [-0.2, 0) is 0 Å². The Morgan fingerprint density at radius 3 is 2.61 bits per heavy atom. The molecule has 1 saturated carbocycles. The summed E-state index contributed by atoms with van der Waals surface area (Å²) in [6, 6.07) is 8.87. The van der Waals surface area contributed by atoms with Gasteiger partial charge in [-0.1, -0.05) is 11.6 Å². The largest absolute Gasteiger partial charge is 0.367 e. The maximum absolute atomic E-state index is 12.3. The van der Waals surface area contributed by atoms with Crippen LogP contribution in [-0.4, -0.2) is 42.1 Å². The molecule has 2 heterocycles. The van der Waals surface area contributed by atoms with Crippen LogP contribution in [0.15, 0.2) is 23.0 Å². The Labute approximate surface area is 135 Å². The van der Waals surface area contributed by atoms with Crippen LogP contribution < -0.4 is 10.5 Å². The molecule has 0 atom stereocenters. The minimum Gasteiger partial charge on any atom is -0.367 e. The monoisotopic (exact) mass is 308 g/mol. The topological polar surface area (TPSA) is 63.1 Å². The van der Waals surface area contributed by atoms with E-state index < -0.39 is 0 Å². The molecule has 2 aliphatic rings. The number of nitrogens with one attached hydrogen (secondary N) is 1. The molecule has 1 aliphatic heterocycles. The standard InChI is InChI=1S/C18H20N4O/c1-12-2-5-16-14(10-12)17(15(11-19)18(23)20-16)22-8-6-21(7-9-22)13-3-4-13/h2,5,10,13H,3-4,6-9H2,1H3,(H,20,23). The molecule has 0 radical (unpaired) electrons. The summed E-state index contributed by atoms with van der Waals surface area (Å²) in [5.41, 5.74) is 2.70. The molecule has 1 aliphatic carbocycles. The summed E-state index contributed by atoms with van der Waals surface area (Å²) in [6.07, 6.45) is 2.63. The summed E-state index contributed by atoms with van der Waals surface area (Å²) in [5, 5.41) is 10.5. The van der Waals surface area contributed by atoms with E-state index in [9.17, 15) is 10.1 Å². The lowest BCUT2D eigenvalue weighted by molar-refractivity contribution is 0.248. The van der Waals surface area contributed by atoms with Gasteiger partial charge in [0.1, 0.15) is 11.6 Å². The van der Waals surface area contributed by atoms with E-state index in [4.69, 9.17) is 0 Å². The van der Waals surface area contributed by atoms with Gasteiger partial charge in [0.2, 0.25) is 0 Å². The Morgan fingerprint density at radius 1 is 1.22 bits per heavy atom. The minimum atomic E-state index is -0.288. The van der Waals surface area contributed by atoms with Gasteiger partial charge in [-0.15, -0.1) is 0 Å². The molecule has 1 N–H and O–H groups in total. The first kappa shape index (κ1) is 14.3. The van der Waals surface area contributed by atoms with E-state index in [2.05, 4.69) is 26.9 Å². The van der Waals surface area contributed by atoms with Gasteiger partial charge in [0.15, 0.2) is 0 Å². The lowest BCUT2D eigenvalue weighted by Gasteiger charge is -2.37. The summed E-state index contributed by atoms with van der Waals surface area (Å²) in [4.78, 5) is 19.9. The van der Waals surface area contributed by atoms with Crippen LogP contribution in [0.3, 0.4) is 0 Å². The molecule has 23 heavy (non-hydrogen) atoms. The molecule has 0 unspecified atom stereocenters. The van der Waals surface area contributed by atoms with Crippen molar-refractivity contribution in [3.8, 4) is 6.07 Å². The molecule has 1 saturated heterocycles. The maximum Gasteiger partial charge on any atom is 0.268 e. The Balaban J connectivity index is 1.79. The van der Waals surface area contributed by atoms with E-state index in [0.29, 0.717) is 0 Å². The second-order valence-electron chi connectivity index (χ2n) is 6.59. The van der Waals surface area contributed by atoms with Crippen molar-refractivity contribution >= 4 is 16.6 Å². The average Bonchev–Trinajstić information content (AvgIpc) is 3.39. The lowest BCUT2D eigenvalue weighted by atomic mass is 10.1. The van der Waals surface area contributed by atoms with Crippen LogP contribution in [0, 0.1) is 18.3 Å². The molecule has 5 nitrogen and oxygen atoms in total. The molecular weight excluding hydrogens is 288 g/mol. The van der Waals surface area contributed by atoms with Gasteiger partial charge in [-0.3, -0.25) is 9.69 Å². The number of aromatic amines is 1. The van der Waals surface area contributed by atoms with Crippen LogP contribution in [0.4, 0.5) is 5.69 Å². The van der Waals surface area contributed by atoms with Crippen LogP contribution in [0.1, 0.15) is 24.0 Å². The smallest absolute Gasteiger partial charge is 0.268 e. The van der Waals surface area contributed by atoms with Crippen molar-refractivity contribution in [2.75, 3.05) is 31.1 Å². The van der Waals surface area contributed by atoms with Crippen LogP contribution >= 0.6 is 0 Å². The second kappa shape index (κ2) is 5.39. The Hall–Kier alpha value is -2.32. The first-order chi connectivity index (χ1) is 11.2. The summed E-state index contributed by atoms with van der Waals surface area (Å²) >= 11 is 0. The molecular formula is C18H20N4O. The summed E-state index contributed by atoms with van der Waals surface area (Å²) in [5.74, 6) is 0. The number of aromatic nitrogens is 1. The van der Waals surface area contributed by atoms with E-state index in [1.165, 1.54) is 12.8 Å². The Morgan fingerprint density at radius 2 is 1.96 bits per heavy atom. The van der Waals surface area contributed by atoms with Crippen LogP contribution in [0.2, 0.25) is 0 Å². The molecule has 0 spiro atoms. The number of rotatable bonds is 2. The Bertz CT molecular complexity index is 852. The quantitative estimate of drug-likeness (QED) is 0.921. The van der Waals surface area contributed by atoms with Gasteiger partial charge in [-0.05, 0) is 31.9 Å². The summed E-state index contributed by atoms with van der Waals surface area (Å²) in [6.45, 7) is 5.80. The van der Waals surface area contributed by atoms with E-state index in [1.807, 2.05) is 19.1 Å². The highest BCUT2D eigenvalue weighted by Crippen LogP contribution is 2.32. The number of hydrogen-bond donors (Lipinski definition) is 1. The molecule has 118 valence electrons. The van der Waals surface area contributed by atoms with Crippen molar-refractivity contribution in [1.82, 2.24) is 9.88 Å². The number of pyridine rings is 1. The summed E-state index contributed by atoms with van der Waals surface area (Å²) < 4.78 is 0. The SMILES string of the molecule is Cc1ccc2[nH]c(=O)c(C#N)c(N3CCN(C4CC4)CC3)c2c1. The van der Waals surface area contributed by atoms with Crippen molar-refractivity contribution in [2.24, 2.45) is 0 Å². The third-order valence-electron chi connectivity index (χ3n) is 4.95. The number of aryl methyl sites for hydroxylation is 1. The second-order valence-corrected chi connectivity index (χ2v) is 6.59. The minimum absolute atomic E-state index is 0.239. The van der Waals surface area contributed by atoms with E-state index in [1.54, 1.807) is 0 Å². The fourth-order valence-electron chi connectivity index (χ4n) is 3.57. The molecule has 2 aromatic rings. The predicted molar refractivity (Wildman–Crippen MR) is 90.8 cm³/mol. The molecule has 2 fully saturated rings. The first-order valence-corrected chi connectivity index (χ1v) is 8.23. The highest BCUT2D eigenvalue weighted by atomic mass is 16.1. The number of benzene rings is 1. The van der Waals surface area contributed by atoms with Crippen molar-refractivity contribution in [3.63, 3.8) is 0 Å². The van der Waals surface area contributed by atoms with Crippen molar-refractivity contribution < 1.29 is 0 Å². The Kier molecular flexibility index (Phi) is 3.35. The highest BCUT2D eigenvalue weighted by molar-refractivity contribution is 5.95. The molecule has 4 rings (SSSR count). The zero-order valence-corrected chi connectivity index (χ0v) is 13.3. The number of hydrogen-bond acceptors (Lipinski definition) is 4. The zero-order chi connectivity index (χ0) is 16.0. The fourth-order valence-corrected chi connectivity index (χ4v) is 3.57. The van der Waals surface area contributed by atoms with E-state index >= 15 is 0 Å². The third-order valence-corrected chi connectivity index (χ3v) is 4.95. The van der Waals surface area contributed by atoms with Crippen molar-refractivity contribution in [1.29, 1.82) is 5.26 Å². The van der Waals surface area contributed by atoms with Crippen molar-refractivity contribution in [3.05, 3.63) is 39.7 Å². The molecule has 0 bridgehead atoms. The highest BCUT2D eigenvalue weighted by Gasteiger charge is 2.32. The number of H-pyrrole nitrogens is 1. The number of fused-ring (bicyclic) bond motifs is 1. The zero-order valence-electron chi connectivity index (χ0n) is 13.3. The molecule has 1 aromatic carbocycles. The molecule has 5 heteroatoms. The van der Waals surface area contributed by atoms with Crippen LogP contribution in [0.25, 0.3) is 10.9 Å². The molecule has 0 amide bonds. The maximum atomic E-state index is 12.3. The summed E-state index contributed by atoms with van der Waals surface area (Å²) in [7, 11) is 0. The van der Waals surface area contributed by atoms with Gasteiger partial charge in [-0.25, -0.2) is 0 Å². The normalized spacial score (nSPS) is 19.0. The van der Waals surface area contributed by atoms with Crippen molar-refractivity contribution in [2.45, 2.75) is 25.8 Å². The van der Waals surface area contributed by atoms with Gasteiger partial charge in [0, 0.05) is 37.6 Å². The average molecular weight is 308 g/mol.